The monoisotopic (exact) mass is 382 g/mol. The number of aromatic nitrogens is 2. The van der Waals surface area contributed by atoms with Crippen molar-refractivity contribution in [1.82, 2.24) is 9.97 Å². The molecular formula is C20H19ClN4O2. The molecule has 6 nitrogen and oxygen atoms in total. The predicted molar refractivity (Wildman–Crippen MR) is 107 cm³/mol. The Kier molecular flexibility index (Phi) is 5.88. The summed E-state index contributed by atoms with van der Waals surface area (Å²) in [6, 6.07) is 16.2. The number of rotatable bonds is 6. The Morgan fingerprint density at radius 2 is 1.63 bits per heavy atom. The van der Waals surface area contributed by atoms with Gasteiger partial charge in [-0.3, -0.25) is 0 Å². The van der Waals surface area contributed by atoms with Crippen molar-refractivity contribution in [1.29, 1.82) is 0 Å². The minimum atomic E-state index is -0.342. The van der Waals surface area contributed by atoms with Gasteiger partial charge in [-0.1, -0.05) is 11.6 Å². The molecule has 1 aromatic heterocycles. The molecule has 2 aromatic carbocycles. The largest absolute Gasteiger partial charge is 0.462 e. The Balaban J connectivity index is 1.74. The van der Waals surface area contributed by atoms with Crippen LogP contribution in [0.4, 0.5) is 23.1 Å². The second-order valence-corrected chi connectivity index (χ2v) is 6.21. The highest BCUT2D eigenvalue weighted by Crippen LogP contribution is 2.21. The lowest BCUT2D eigenvalue weighted by Crippen LogP contribution is -2.05. The minimum absolute atomic E-state index is 0.342. The minimum Gasteiger partial charge on any atom is -0.462 e. The van der Waals surface area contributed by atoms with E-state index >= 15 is 0 Å². The maximum atomic E-state index is 11.7. The molecule has 0 atom stereocenters. The number of nitrogens with zero attached hydrogens (tertiary/aromatic N) is 2. The topological polar surface area (TPSA) is 76.1 Å². The second kappa shape index (κ2) is 8.51. The van der Waals surface area contributed by atoms with Gasteiger partial charge in [-0.2, -0.15) is 4.98 Å². The van der Waals surface area contributed by atoms with E-state index in [-0.39, 0.29) is 5.97 Å². The van der Waals surface area contributed by atoms with Crippen LogP contribution in [0.1, 0.15) is 23.0 Å². The zero-order chi connectivity index (χ0) is 19.2. The van der Waals surface area contributed by atoms with Crippen molar-refractivity contribution in [3.05, 3.63) is 70.9 Å². The Labute approximate surface area is 162 Å². The number of esters is 1. The molecule has 1 heterocycles. The number of hydrogen-bond acceptors (Lipinski definition) is 6. The average molecular weight is 383 g/mol. The van der Waals surface area contributed by atoms with Crippen molar-refractivity contribution in [2.24, 2.45) is 0 Å². The molecule has 0 aliphatic heterocycles. The van der Waals surface area contributed by atoms with E-state index in [4.69, 9.17) is 16.3 Å². The van der Waals surface area contributed by atoms with Gasteiger partial charge in [0.1, 0.15) is 5.82 Å². The number of carbonyl (C=O) groups is 1. The van der Waals surface area contributed by atoms with Crippen molar-refractivity contribution >= 4 is 40.7 Å². The highest BCUT2D eigenvalue weighted by molar-refractivity contribution is 6.30. The van der Waals surface area contributed by atoms with Crippen molar-refractivity contribution in [2.75, 3.05) is 17.2 Å². The number of nitrogens with one attached hydrogen (secondary N) is 2. The fourth-order valence-corrected chi connectivity index (χ4v) is 2.53. The third kappa shape index (κ3) is 5.18. The van der Waals surface area contributed by atoms with E-state index in [9.17, 15) is 4.79 Å². The van der Waals surface area contributed by atoms with Gasteiger partial charge >= 0.3 is 5.97 Å². The van der Waals surface area contributed by atoms with Crippen molar-refractivity contribution in [2.45, 2.75) is 13.8 Å². The molecule has 3 aromatic rings. The maximum absolute atomic E-state index is 11.7. The summed E-state index contributed by atoms with van der Waals surface area (Å²) in [7, 11) is 0. The molecule has 138 valence electrons. The molecule has 0 radical (unpaired) electrons. The molecule has 0 amide bonds. The summed E-state index contributed by atoms with van der Waals surface area (Å²) >= 11 is 5.91. The molecule has 0 fully saturated rings. The Bertz CT molecular complexity index is 928. The van der Waals surface area contributed by atoms with Crippen LogP contribution >= 0.6 is 11.6 Å². The van der Waals surface area contributed by atoms with Crippen LogP contribution in [0, 0.1) is 6.92 Å². The lowest BCUT2D eigenvalue weighted by atomic mass is 10.2. The molecular weight excluding hydrogens is 364 g/mol. The molecule has 2 N–H and O–H groups in total. The van der Waals surface area contributed by atoms with Crippen LogP contribution in [0.5, 0.6) is 0 Å². The summed E-state index contributed by atoms with van der Waals surface area (Å²) in [6.45, 7) is 4.02. The molecule has 0 spiro atoms. The normalized spacial score (nSPS) is 10.3. The summed E-state index contributed by atoms with van der Waals surface area (Å²) in [5.41, 5.74) is 2.96. The van der Waals surface area contributed by atoms with E-state index in [0.29, 0.717) is 29.0 Å². The number of halogens is 1. The average Bonchev–Trinajstić information content (AvgIpc) is 2.64. The summed E-state index contributed by atoms with van der Waals surface area (Å²) in [5.74, 6) is 0.774. The van der Waals surface area contributed by atoms with E-state index in [1.165, 1.54) is 0 Å². The molecule has 0 aliphatic carbocycles. The van der Waals surface area contributed by atoms with Crippen LogP contribution in [-0.4, -0.2) is 22.5 Å². The first kappa shape index (κ1) is 18.7. The van der Waals surface area contributed by atoms with Crippen molar-refractivity contribution in [3.8, 4) is 0 Å². The number of benzene rings is 2. The van der Waals surface area contributed by atoms with Crippen LogP contribution in [0.15, 0.2) is 54.6 Å². The van der Waals surface area contributed by atoms with Gasteiger partial charge < -0.3 is 15.4 Å². The van der Waals surface area contributed by atoms with Crippen LogP contribution < -0.4 is 10.6 Å². The molecule has 3 rings (SSSR count). The molecule has 7 heteroatoms. The number of anilines is 4. The number of carbonyl (C=O) groups excluding carboxylic acids is 1. The predicted octanol–water partition coefficient (Wildman–Crippen LogP) is 5.10. The quantitative estimate of drug-likeness (QED) is 0.577. The fourth-order valence-electron chi connectivity index (χ4n) is 2.40. The number of aryl methyl sites for hydroxylation is 1. The van der Waals surface area contributed by atoms with Crippen LogP contribution in [-0.2, 0) is 4.74 Å². The first-order valence-electron chi connectivity index (χ1n) is 8.46. The summed E-state index contributed by atoms with van der Waals surface area (Å²) < 4.78 is 4.98. The lowest BCUT2D eigenvalue weighted by Gasteiger charge is -2.10. The standard InChI is InChI=1S/C20H19ClN4O2/c1-3-27-19(26)14-4-8-17(9-5-14)24-20-22-13(2)12-18(25-20)23-16-10-6-15(21)7-11-16/h4-12H,3H2,1-2H3,(H2,22,23,24,25). The van der Waals surface area contributed by atoms with E-state index < -0.39 is 0 Å². The van der Waals surface area contributed by atoms with Crippen LogP contribution in [0.2, 0.25) is 5.02 Å². The Morgan fingerprint density at radius 1 is 1.00 bits per heavy atom. The van der Waals surface area contributed by atoms with Gasteiger partial charge in [-0.05, 0) is 62.4 Å². The van der Waals surface area contributed by atoms with Gasteiger partial charge in [0.15, 0.2) is 0 Å². The van der Waals surface area contributed by atoms with Crippen molar-refractivity contribution < 1.29 is 9.53 Å². The summed E-state index contributed by atoms with van der Waals surface area (Å²) in [5, 5.41) is 7.04. The Hall–Kier alpha value is -3.12. The first-order chi connectivity index (χ1) is 13.0. The lowest BCUT2D eigenvalue weighted by molar-refractivity contribution is 0.0526. The fraction of sp³-hybridized carbons (Fsp3) is 0.150. The third-order valence-electron chi connectivity index (χ3n) is 3.62. The van der Waals surface area contributed by atoms with Gasteiger partial charge in [0.25, 0.3) is 0 Å². The molecule has 0 saturated carbocycles. The van der Waals surface area contributed by atoms with Gasteiger partial charge in [0, 0.05) is 28.2 Å². The van der Waals surface area contributed by atoms with Gasteiger partial charge in [0.05, 0.1) is 12.2 Å². The number of hydrogen-bond donors (Lipinski definition) is 2. The van der Waals surface area contributed by atoms with E-state index in [0.717, 1.165) is 17.1 Å². The van der Waals surface area contributed by atoms with E-state index in [2.05, 4.69) is 20.6 Å². The highest BCUT2D eigenvalue weighted by Gasteiger charge is 2.07. The van der Waals surface area contributed by atoms with E-state index in [1.807, 2.05) is 37.3 Å². The zero-order valence-corrected chi connectivity index (χ0v) is 15.7. The molecule has 0 aliphatic rings. The SMILES string of the molecule is CCOC(=O)c1ccc(Nc2nc(C)cc(Nc3ccc(Cl)cc3)n2)cc1. The summed E-state index contributed by atoms with van der Waals surface area (Å²) in [6.07, 6.45) is 0. The molecule has 27 heavy (non-hydrogen) atoms. The van der Waals surface area contributed by atoms with Gasteiger partial charge in [-0.15, -0.1) is 0 Å². The highest BCUT2D eigenvalue weighted by atomic mass is 35.5. The van der Waals surface area contributed by atoms with E-state index in [1.54, 1.807) is 31.2 Å². The molecule has 0 unspecified atom stereocenters. The van der Waals surface area contributed by atoms with Crippen LogP contribution in [0.25, 0.3) is 0 Å². The summed E-state index contributed by atoms with van der Waals surface area (Å²) in [4.78, 5) is 20.6. The van der Waals surface area contributed by atoms with Crippen LogP contribution in [0.3, 0.4) is 0 Å². The number of ether oxygens (including phenoxy) is 1. The zero-order valence-electron chi connectivity index (χ0n) is 15.0. The third-order valence-corrected chi connectivity index (χ3v) is 3.87. The van der Waals surface area contributed by atoms with Gasteiger partial charge in [-0.25, -0.2) is 9.78 Å². The molecule has 0 saturated heterocycles. The smallest absolute Gasteiger partial charge is 0.338 e. The Morgan fingerprint density at radius 3 is 2.30 bits per heavy atom. The second-order valence-electron chi connectivity index (χ2n) is 5.77. The van der Waals surface area contributed by atoms with Gasteiger partial charge in [0.2, 0.25) is 5.95 Å². The first-order valence-corrected chi connectivity index (χ1v) is 8.84. The van der Waals surface area contributed by atoms with Crippen molar-refractivity contribution in [3.63, 3.8) is 0 Å². The molecule has 0 bridgehead atoms. The maximum Gasteiger partial charge on any atom is 0.338 e.